The molecule has 0 fully saturated rings. The summed E-state index contributed by atoms with van der Waals surface area (Å²) in [5.74, 6) is 1.94. The molecule has 0 aliphatic rings. The van der Waals surface area contributed by atoms with Gasteiger partial charge in [-0.25, -0.2) is 0 Å². The van der Waals surface area contributed by atoms with Crippen molar-refractivity contribution in [1.29, 1.82) is 0 Å². The van der Waals surface area contributed by atoms with Crippen molar-refractivity contribution in [1.82, 2.24) is 4.98 Å². The third-order valence-corrected chi connectivity index (χ3v) is 5.59. The number of hydrogen-bond acceptors (Lipinski definition) is 4. The molecule has 1 atom stereocenters. The Hall–Kier alpha value is -3.01. The number of nitrogens with zero attached hydrogens (tertiary/aromatic N) is 1. The van der Waals surface area contributed by atoms with Gasteiger partial charge in [0.05, 0.1) is 21.3 Å². The summed E-state index contributed by atoms with van der Waals surface area (Å²) < 4.78 is 16.7. The highest BCUT2D eigenvalue weighted by Gasteiger charge is 2.31. The minimum atomic E-state index is -0.240. The lowest BCUT2D eigenvalue weighted by Gasteiger charge is -2.32. The van der Waals surface area contributed by atoms with Crippen molar-refractivity contribution in [2.24, 2.45) is 0 Å². The molecule has 1 unspecified atom stereocenters. The number of pyridine rings is 1. The van der Waals surface area contributed by atoms with Crippen LogP contribution in [0.15, 0.2) is 67.0 Å². The average molecular weight is 392 g/mol. The number of ether oxygens (including phenoxy) is 3. The van der Waals surface area contributed by atoms with Gasteiger partial charge in [0.15, 0.2) is 11.5 Å². The first-order chi connectivity index (χ1) is 14.1. The van der Waals surface area contributed by atoms with E-state index in [-0.39, 0.29) is 5.41 Å². The SMILES string of the molecule is COc1cc(C(C)(CCCc2ccccc2)c2cccnc2)cc(OC)c1OC. The summed E-state index contributed by atoms with van der Waals surface area (Å²) in [6, 6.07) is 18.8. The summed E-state index contributed by atoms with van der Waals surface area (Å²) in [5.41, 5.74) is 3.40. The third-order valence-electron chi connectivity index (χ3n) is 5.59. The van der Waals surface area contributed by atoms with Crippen LogP contribution >= 0.6 is 0 Å². The fourth-order valence-electron chi connectivity index (χ4n) is 3.83. The van der Waals surface area contributed by atoms with Crippen molar-refractivity contribution >= 4 is 0 Å². The van der Waals surface area contributed by atoms with Crippen molar-refractivity contribution < 1.29 is 14.2 Å². The minimum Gasteiger partial charge on any atom is -0.493 e. The van der Waals surface area contributed by atoms with Crippen LogP contribution in [0.5, 0.6) is 17.2 Å². The number of aromatic nitrogens is 1. The Bertz CT molecular complexity index is 887. The fourth-order valence-corrected chi connectivity index (χ4v) is 3.83. The van der Waals surface area contributed by atoms with Gasteiger partial charge in [0.1, 0.15) is 0 Å². The van der Waals surface area contributed by atoms with Crippen LogP contribution in [0.2, 0.25) is 0 Å². The maximum Gasteiger partial charge on any atom is 0.203 e. The Kier molecular flexibility index (Phi) is 6.76. The number of hydrogen-bond donors (Lipinski definition) is 0. The predicted molar refractivity (Wildman–Crippen MR) is 116 cm³/mol. The second-order valence-electron chi connectivity index (χ2n) is 7.33. The normalized spacial score (nSPS) is 12.8. The van der Waals surface area contributed by atoms with Crippen LogP contribution in [0.3, 0.4) is 0 Å². The van der Waals surface area contributed by atoms with E-state index in [1.165, 1.54) is 11.1 Å². The van der Waals surface area contributed by atoms with Gasteiger partial charge in [-0.05, 0) is 54.2 Å². The zero-order valence-corrected chi connectivity index (χ0v) is 17.6. The predicted octanol–water partition coefficient (Wildman–Crippen LogP) is 5.44. The van der Waals surface area contributed by atoms with E-state index in [4.69, 9.17) is 14.2 Å². The molecule has 3 rings (SSSR count). The summed E-state index contributed by atoms with van der Waals surface area (Å²) in [7, 11) is 4.93. The second-order valence-corrected chi connectivity index (χ2v) is 7.33. The molecule has 3 aromatic rings. The van der Waals surface area contributed by atoms with Gasteiger partial charge in [-0.2, -0.15) is 0 Å². The van der Waals surface area contributed by atoms with Crippen LogP contribution in [0, 0.1) is 0 Å². The summed E-state index contributed by atoms with van der Waals surface area (Å²) in [6.45, 7) is 2.26. The number of methoxy groups -OCH3 is 3. The van der Waals surface area contributed by atoms with Gasteiger partial charge < -0.3 is 14.2 Å². The lowest BCUT2D eigenvalue weighted by atomic mass is 9.73. The molecule has 29 heavy (non-hydrogen) atoms. The van der Waals surface area contributed by atoms with Crippen LogP contribution in [0.25, 0.3) is 0 Å². The molecule has 0 saturated carbocycles. The average Bonchev–Trinajstić information content (AvgIpc) is 2.79. The first kappa shape index (κ1) is 20.7. The molecule has 152 valence electrons. The van der Waals surface area contributed by atoms with Crippen LogP contribution in [-0.4, -0.2) is 26.3 Å². The van der Waals surface area contributed by atoms with Gasteiger partial charge in [0.2, 0.25) is 5.75 Å². The fraction of sp³-hybridized carbons (Fsp3) is 0.320. The van der Waals surface area contributed by atoms with E-state index in [1.54, 1.807) is 21.3 Å². The zero-order valence-electron chi connectivity index (χ0n) is 17.6. The maximum absolute atomic E-state index is 5.60. The Balaban J connectivity index is 1.99. The molecule has 1 heterocycles. The van der Waals surface area contributed by atoms with E-state index in [0.717, 1.165) is 24.8 Å². The molecule has 0 bridgehead atoms. The first-order valence-corrected chi connectivity index (χ1v) is 9.87. The number of benzene rings is 2. The largest absolute Gasteiger partial charge is 0.493 e. The molecular formula is C25H29NO3. The lowest BCUT2D eigenvalue weighted by Crippen LogP contribution is -2.24. The summed E-state index contributed by atoms with van der Waals surface area (Å²) in [5, 5.41) is 0. The molecule has 0 aliphatic carbocycles. The highest BCUT2D eigenvalue weighted by atomic mass is 16.5. The van der Waals surface area contributed by atoms with Crippen LogP contribution in [0.4, 0.5) is 0 Å². The highest BCUT2D eigenvalue weighted by Crippen LogP contribution is 2.45. The molecule has 4 nitrogen and oxygen atoms in total. The lowest BCUT2D eigenvalue weighted by molar-refractivity contribution is 0.322. The minimum absolute atomic E-state index is 0.240. The van der Waals surface area contributed by atoms with E-state index in [1.807, 2.05) is 18.5 Å². The van der Waals surface area contributed by atoms with E-state index < -0.39 is 0 Å². The van der Waals surface area contributed by atoms with Crippen LogP contribution in [0.1, 0.15) is 36.5 Å². The monoisotopic (exact) mass is 391 g/mol. The first-order valence-electron chi connectivity index (χ1n) is 9.87. The van der Waals surface area contributed by atoms with E-state index in [2.05, 4.69) is 60.4 Å². The number of rotatable bonds is 9. The van der Waals surface area contributed by atoms with Crippen molar-refractivity contribution in [3.05, 3.63) is 83.7 Å². The van der Waals surface area contributed by atoms with E-state index >= 15 is 0 Å². The molecule has 0 aliphatic heterocycles. The quantitative estimate of drug-likeness (QED) is 0.487. The summed E-state index contributed by atoms with van der Waals surface area (Å²) in [4.78, 5) is 4.37. The summed E-state index contributed by atoms with van der Waals surface area (Å²) in [6.07, 6.45) is 6.80. The van der Waals surface area contributed by atoms with Crippen LogP contribution < -0.4 is 14.2 Å². The Morgan fingerprint density at radius 3 is 2.07 bits per heavy atom. The molecule has 4 heteroatoms. The molecule has 0 saturated heterocycles. The Morgan fingerprint density at radius 1 is 0.828 bits per heavy atom. The van der Waals surface area contributed by atoms with Gasteiger partial charge >= 0.3 is 0 Å². The van der Waals surface area contributed by atoms with Crippen molar-refractivity contribution in [3.63, 3.8) is 0 Å². The number of aryl methyl sites for hydroxylation is 1. The van der Waals surface area contributed by atoms with Gasteiger partial charge in [0.25, 0.3) is 0 Å². The molecule has 0 radical (unpaired) electrons. The standard InChI is InChI=1S/C25H29NO3/c1-25(20-13-9-15-26-18-20,14-8-12-19-10-6-5-7-11-19)21-16-22(27-2)24(29-4)23(17-21)28-3/h5-7,9-11,13,15-18H,8,12,14H2,1-4H3. The van der Waals surface area contributed by atoms with Gasteiger partial charge in [-0.15, -0.1) is 0 Å². The van der Waals surface area contributed by atoms with Gasteiger partial charge in [0, 0.05) is 17.8 Å². The Labute approximate surface area is 173 Å². The Morgan fingerprint density at radius 2 is 1.52 bits per heavy atom. The topological polar surface area (TPSA) is 40.6 Å². The second kappa shape index (κ2) is 9.46. The van der Waals surface area contributed by atoms with Crippen LogP contribution in [-0.2, 0) is 11.8 Å². The van der Waals surface area contributed by atoms with Gasteiger partial charge in [-0.1, -0.05) is 43.3 Å². The van der Waals surface area contributed by atoms with E-state index in [0.29, 0.717) is 17.2 Å². The van der Waals surface area contributed by atoms with E-state index in [9.17, 15) is 0 Å². The highest BCUT2D eigenvalue weighted by molar-refractivity contribution is 5.56. The zero-order chi connectivity index (χ0) is 20.7. The third kappa shape index (κ3) is 4.53. The van der Waals surface area contributed by atoms with Gasteiger partial charge in [-0.3, -0.25) is 4.98 Å². The van der Waals surface area contributed by atoms with Crippen molar-refractivity contribution in [3.8, 4) is 17.2 Å². The molecule has 0 N–H and O–H groups in total. The maximum atomic E-state index is 5.60. The summed E-state index contributed by atoms with van der Waals surface area (Å²) >= 11 is 0. The molecule has 0 amide bonds. The van der Waals surface area contributed by atoms with Crippen molar-refractivity contribution in [2.75, 3.05) is 21.3 Å². The van der Waals surface area contributed by atoms with Crippen molar-refractivity contribution in [2.45, 2.75) is 31.6 Å². The molecule has 0 spiro atoms. The smallest absolute Gasteiger partial charge is 0.203 e. The molecular weight excluding hydrogens is 362 g/mol. The molecule has 1 aromatic heterocycles. The molecule has 2 aromatic carbocycles.